The molecule has 1 aliphatic heterocycles. The molecular formula is C25H25N3O4S. The van der Waals surface area contributed by atoms with Crippen LogP contribution >= 0.6 is 0 Å². The molecule has 1 saturated heterocycles. The molecule has 0 atom stereocenters. The summed E-state index contributed by atoms with van der Waals surface area (Å²) in [4.78, 5) is 12.5. The number of benzene rings is 3. The summed E-state index contributed by atoms with van der Waals surface area (Å²) < 4.78 is 32.0. The van der Waals surface area contributed by atoms with Crippen LogP contribution in [-0.4, -0.2) is 44.9 Å². The SMILES string of the molecule is O=C(/C=C/c1ccc(S(=O)(=O)N2CCOCC2)cc1)Nc1ccc(Nc2ccccc2)cc1. The van der Waals surface area contributed by atoms with Crippen molar-refractivity contribution in [2.75, 3.05) is 36.9 Å². The van der Waals surface area contributed by atoms with E-state index in [-0.39, 0.29) is 10.8 Å². The lowest BCUT2D eigenvalue weighted by Crippen LogP contribution is -2.40. The van der Waals surface area contributed by atoms with Gasteiger partial charge in [-0.2, -0.15) is 4.31 Å². The number of rotatable bonds is 7. The van der Waals surface area contributed by atoms with E-state index < -0.39 is 10.0 Å². The van der Waals surface area contributed by atoms with Crippen molar-refractivity contribution >= 4 is 39.1 Å². The van der Waals surface area contributed by atoms with Crippen LogP contribution in [0.4, 0.5) is 17.1 Å². The number of para-hydroxylation sites is 1. The topological polar surface area (TPSA) is 87.7 Å². The summed E-state index contributed by atoms with van der Waals surface area (Å²) >= 11 is 0. The fraction of sp³-hybridized carbons (Fsp3) is 0.160. The van der Waals surface area contributed by atoms with Gasteiger partial charge in [0.2, 0.25) is 15.9 Å². The largest absolute Gasteiger partial charge is 0.379 e. The number of hydrogen-bond donors (Lipinski definition) is 2. The Kier molecular flexibility index (Phi) is 7.19. The van der Waals surface area contributed by atoms with Gasteiger partial charge < -0.3 is 15.4 Å². The van der Waals surface area contributed by atoms with Crippen LogP contribution in [0.1, 0.15) is 5.56 Å². The molecule has 8 heteroatoms. The van der Waals surface area contributed by atoms with E-state index in [2.05, 4.69) is 10.6 Å². The predicted octanol–water partition coefficient (Wildman–Crippen LogP) is 4.10. The molecule has 0 saturated carbocycles. The number of carbonyl (C=O) groups is 1. The van der Waals surface area contributed by atoms with Crippen LogP contribution in [0.25, 0.3) is 6.08 Å². The van der Waals surface area contributed by atoms with Crippen LogP contribution in [0.3, 0.4) is 0 Å². The molecule has 0 spiro atoms. The first-order chi connectivity index (χ1) is 16.0. The summed E-state index contributed by atoms with van der Waals surface area (Å²) in [6.45, 7) is 1.52. The first kappa shape index (κ1) is 22.7. The predicted molar refractivity (Wildman–Crippen MR) is 130 cm³/mol. The maximum absolute atomic E-state index is 12.7. The number of carbonyl (C=O) groups excluding carboxylic acids is 1. The summed E-state index contributed by atoms with van der Waals surface area (Å²) in [6.07, 6.45) is 3.06. The van der Waals surface area contributed by atoms with Gasteiger partial charge in [-0.05, 0) is 60.2 Å². The van der Waals surface area contributed by atoms with Crippen molar-refractivity contribution in [3.8, 4) is 0 Å². The Balaban J connectivity index is 1.33. The molecule has 3 aromatic carbocycles. The Bertz CT molecular complexity index is 1200. The lowest BCUT2D eigenvalue weighted by atomic mass is 10.2. The second kappa shape index (κ2) is 10.4. The third-order valence-corrected chi connectivity index (χ3v) is 7.04. The van der Waals surface area contributed by atoms with Crippen LogP contribution in [0.15, 0.2) is 89.8 Å². The van der Waals surface area contributed by atoms with Crippen LogP contribution in [0, 0.1) is 0 Å². The molecule has 0 unspecified atom stereocenters. The number of hydrogen-bond acceptors (Lipinski definition) is 5. The minimum atomic E-state index is -3.53. The quantitative estimate of drug-likeness (QED) is 0.515. The Labute approximate surface area is 193 Å². The second-order valence-corrected chi connectivity index (χ2v) is 9.41. The summed E-state index contributed by atoms with van der Waals surface area (Å²) in [5.41, 5.74) is 3.31. The Morgan fingerprint density at radius 1 is 0.818 bits per heavy atom. The maximum atomic E-state index is 12.7. The molecule has 0 radical (unpaired) electrons. The van der Waals surface area contributed by atoms with Crippen molar-refractivity contribution < 1.29 is 17.9 Å². The third-order valence-electron chi connectivity index (χ3n) is 5.13. The van der Waals surface area contributed by atoms with Gasteiger partial charge in [-0.1, -0.05) is 30.3 Å². The average Bonchev–Trinajstić information content (AvgIpc) is 2.85. The zero-order valence-electron chi connectivity index (χ0n) is 18.0. The minimum Gasteiger partial charge on any atom is -0.379 e. The maximum Gasteiger partial charge on any atom is 0.248 e. The summed E-state index contributed by atoms with van der Waals surface area (Å²) in [5.74, 6) is -0.274. The molecular weight excluding hydrogens is 438 g/mol. The zero-order chi connectivity index (χ0) is 23.1. The first-order valence-electron chi connectivity index (χ1n) is 10.6. The molecule has 2 N–H and O–H groups in total. The van der Waals surface area contributed by atoms with Crippen LogP contribution in [0.2, 0.25) is 0 Å². The van der Waals surface area contributed by atoms with Crippen molar-refractivity contribution in [2.45, 2.75) is 4.90 Å². The van der Waals surface area contributed by atoms with Crippen molar-refractivity contribution in [3.05, 3.63) is 90.5 Å². The van der Waals surface area contributed by atoms with E-state index in [1.165, 1.54) is 10.4 Å². The van der Waals surface area contributed by atoms with Crippen LogP contribution in [0.5, 0.6) is 0 Å². The molecule has 4 rings (SSSR count). The molecule has 7 nitrogen and oxygen atoms in total. The molecule has 170 valence electrons. The first-order valence-corrected chi connectivity index (χ1v) is 12.0. The molecule has 1 heterocycles. The molecule has 1 fully saturated rings. The van der Waals surface area contributed by atoms with E-state index in [1.54, 1.807) is 30.3 Å². The molecule has 1 aliphatic rings. The fourth-order valence-electron chi connectivity index (χ4n) is 3.37. The highest BCUT2D eigenvalue weighted by Crippen LogP contribution is 2.20. The third kappa shape index (κ3) is 6.07. The summed E-state index contributed by atoms with van der Waals surface area (Å²) in [5, 5.41) is 6.10. The van der Waals surface area contributed by atoms with Crippen molar-refractivity contribution in [3.63, 3.8) is 0 Å². The Morgan fingerprint density at radius 3 is 2.09 bits per heavy atom. The smallest absolute Gasteiger partial charge is 0.248 e. The van der Waals surface area contributed by atoms with Gasteiger partial charge in [0.15, 0.2) is 0 Å². The molecule has 0 aliphatic carbocycles. The highest BCUT2D eigenvalue weighted by molar-refractivity contribution is 7.89. The van der Waals surface area contributed by atoms with Gasteiger partial charge in [0.1, 0.15) is 0 Å². The highest BCUT2D eigenvalue weighted by atomic mass is 32.2. The van der Waals surface area contributed by atoms with Gasteiger partial charge in [0.25, 0.3) is 0 Å². The number of sulfonamides is 1. The van der Waals surface area contributed by atoms with Gasteiger partial charge in [-0.3, -0.25) is 4.79 Å². The van der Waals surface area contributed by atoms with Crippen LogP contribution in [-0.2, 0) is 19.6 Å². The monoisotopic (exact) mass is 463 g/mol. The summed E-state index contributed by atoms with van der Waals surface area (Å²) in [7, 11) is -3.53. The van der Waals surface area contributed by atoms with Crippen molar-refractivity contribution in [1.82, 2.24) is 4.31 Å². The van der Waals surface area contributed by atoms with E-state index >= 15 is 0 Å². The molecule has 1 amide bonds. The molecule has 33 heavy (non-hydrogen) atoms. The molecule has 3 aromatic rings. The van der Waals surface area contributed by atoms with Crippen molar-refractivity contribution in [2.24, 2.45) is 0 Å². The van der Waals surface area contributed by atoms with Gasteiger partial charge >= 0.3 is 0 Å². The lowest BCUT2D eigenvalue weighted by molar-refractivity contribution is -0.111. The molecule has 0 aromatic heterocycles. The zero-order valence-corrected chi connectivity index (χ0v) is 18.8. The second-order valence-electron chi connectivity index (χ2n) is 7.48. The average molecular weight is 464 g/mol. The fourth-order valence-corrected chi connectivity index (χ4v) is 4.78. The number of nitrogens with one attached hydrogen (secondary N) is 2. The number of amides is 1. The van der Waals surface area contributed by atoms with E-state index in [4.69, 9.17) is 4.74 Å². The Hall–Kier alpha value is -3.46. The van der Waals surface area contributed by atoms with Crippen LogP contribution < -0.4 is 10.6 Å². The number of anilines is 3. The van der Waals surface area contributed by atoms with Gasteiger partial charge in [-0.15, -0.1) is 0 Å². The summed E-state index contributed by atoms with van der Waals surface area (Å²) in [6, 6.07) is 23.7. The van der Waals surface area contributed by atoms with Gasteiger partial charge in [-0.25, -0.2) is 8.42 Å². The lowest BCUT2D eigenvalue weighted by Gasteiger charge is -2.26. The molecule has 0 bridgehead atoms. The van der Waals surface area contributed by atoms with Gasteiger partial charge in [0.05, 0.1) is 18.1 Å². The number of morpholine rings is 1. The van der Waals surface area contributed by atoms with E-state index in [0.717, 1.165) is 16.9 Å². The van der Waals surface area contributed by atoms with E-state index in [0.29, 0.717) is 32.0 Å². The van der Waals surface area contributed by atoms with E-state index in [9.17, 15) is 13.2 Å². The van der Waals surface area contributed by atoms with Crippen molar-refractivity contribution in [1.29, 1.82) is 0 Å². The standard InChI is InChI=1S/C25H25N3O4S/c29-25(27-23-11-9-22(10-12-23)26-21-4-2-1-3-5-21)15-8-20-6-13-24(14-7-20)33(30,31)28-16-18-32-19-17-28/h1-15,26H,16-19H2,(H,27,29)/b15-8+. The van der Waals surface area contributed by atoms with Gasteiger partial charge in [0, 0.05) is 36.2 Å². The normalized spacial score (nSPS) is 14.8. The van der Waals surface area contributed by atoms with E-state index in [1.807, 2.05) is 54.6 Å². The minimum absolute atomic E-state index is 0.232. The Morgan fingerprint density at radius 2 is 1.42 bits per heavy atom. The highest BCUT2D eigenvalue weighted by Gasteiger charge is 2.25. The number of nitrogens with zero attached hydrogens (tertiary/aromatic N) is 1. The number of ether oxygens (including phenoxy) is 1.